The number of hydrogen-bond donors (Lipinski definition) is 2. The summed E-state index contributed by atoms with van der Waals surface area (Å²) in [5.41, 5.74) is 1.21. The Morgan fingerprint density at radius 1 is 1.18 bits per heavy atom. The third kappa shape index (κ3) is 3.90. The Labute approximate surface area is 97.8 Å². The van der Waals surface area contributed by atoms with E-state index in [0.29, 0.717) is 5.57 Å². The zero-order valence-electron chi connectivity index (χ0n) is 9.14. The van der Waals surface area contributed by atoms with Gasteiger partial charge in [0.25, 0.3) is 17.8 Å². The predicted molar refractivity (Wildman–Crippen MR) is 60.9 cm³/mol. The number of amides is 2. The van der Waals surface area contributed by atoms with Gasteiger partial charge >= 0.3 is 0 Å². The summed E-state index contributed by atoms with van der Waals surface area (Å²) < 4.78 is 0. The van der Waals surface area contributed by atoms with Gasteiger partial charge in [0.05, 0.1) is 5.57 Å². The Bertz CT molecular complexity index is 473. The highest BCUT2D eigenvalue weighted by Crippen LogP contribution is 2.16. The molecule has 0 atom stereocenters. The fourth-order valence-corrected chi connectivity index (χ4v) is 1.24. The second-order valence-electron chi connectivity index (χ2n) is 3.26. The number of benzene rings is 1. The van der Waals surface area contributed by atoms with Crippen molar-refractivity contribution in [3.05, 3.63) is 42.0 Å². The molecule has 0 bridgehead atoms. The fraction of sp³-hybridized carbons (Fsp3) is 0.0833. The van der Waals surface area contributed by atoms with Crippen molar-refractivity contribution < 1.29 is 19.5 Å². The zero-order valence-corrected chi connectivity index (χ0v) is 9.14. The molecular weight excluding hydrogens is 222 g/mol. The Morgan fingerprint density at radius 3 is 2.12 bits per heavy atom. The second-order valence-corrected chi connectivity index (χ2v) is 3.26. The van der Waals surface area contributed by atoms with E-state index in [1.165, 1.54) is 6.08 Å². The van der Waals surface area contributed by atoms with Crippen molar-refractivity contribution in [3.63, 3.8) is 0 Å². The smallest absolute Gasteiger partial charge is 0.300 e. The molecular formula is C12H11NO4. The first kappa shape index (κ1) is 12.6. The Kier molecular flexibility index (Phi) is 4.16. The van der Waals surface area contributed by atoms with E-state index in [4.69, 9.17) is 9.90 Å². The SMILES string of the molecule is CC(=O)O.O=C1C=C(c2ccccc2)C(=O)N1. The minimum Gasteiger partial charge on any atom is -0.481 e. The Morgan fingerprint density at radius 2 is 1.71 bits per heavy atom. The first-order valence-electron chi connectivity index (χ1n) is 4.82. The molecule has 1 heterocycles. The number of carbonyl (C=O) groups is 3. The Balaban J connectivity index is 0.000000317. The summed E-state index contributed by atoms with van der Waals surface area (Å²) in [5, 5.41) is 9.61. The maximum absolute atomic E-state index is 11.2. The average Bonchev–Trinajstić information content (AvgIpc) is 2.58. The average molecular weight is 233 g/mol. The first-order chi connectivity index (χ1) is 8.00. The lowest BCUT2D eigenvalue weighted by molar-refractivity contribution is -0.134. The van der Waals surface area contributed by atoms with Crippen LogP contribution in [-0.2, 0) is 14.4 Å². The van der Waals surface area contributed by atoms with Gasteiger partial charge in [0.15, 0.2) is 0 Å². The topological polar surface area (TPSA) is 83.5 Å². The van der Waals surface area contributed by atoms with Crippen molar-refractivity contribution in [2.24, 2.45) is 0 Å². The van der Waals surface area contributed by atoms with Crippen molar-refractivity contribution in [1.29, 1.82) is 0 Å². The molecule has 1 aromatic carbocycles. The molecule has 2 amide bonds. The summed E-state index contributed by atoms with van der Waals surface area (Å²) in [4.78, 5) is 31.0. The van der Waals surface area contributed by atoms with Gasteiger partial charge in [-0.05, 0) is 5.56 Å². The summed E-state index contributed by atoms with van der Waals surface area (Å²) >= 11 is 0. The van der Waals surface area contributed by atoms with Crippen LogP contribution in [0.2, 0.25) is 0 Å². The monoisotopic (exact) mass is 233 g/mol. The molecule has 1 aliphatic rings. The molecule has 0 fully saturated rings. The summed E-state index contributed by atoms with van der Waals surface area (Å²) in [5.74, 6) is -1.50. The fourth-order valence-electron chi connectivity index (χ4n) is 1.24. The van der Waals surface area contributed by atoms with Crippen molar-refractivity contribution in [1.82, 2.24) is 5.32 Å². The number of carboxylic acid groups (broad SMARTS) is 1. The highest BCUT2D eigenvalue weighted by molar-refractivity contribution is 6.33. The first-order valence-corrected chi connectivity index (χ1v) is 4.82. The molecule has 0 radical (unpaired) electrons. The maximum Gasteiger partial charge on any atom is 0.300 e. The van der Waals surface area contributed by atoms with E-state index < -0.39 is 5.97 Å². The molecule has 2 N–H and O–H groups in total. The second kappa shape index (κ2) is 5.60. The van der Waals surface area contributed by atoms with Gasteiger partial charge in [-0.3, -0.25) is 19.7 Å². The van der Waals surface area contributed by atoms with Crippen LogP contribution in [0.5, 0.6) is 0 Å². The molecule has 5 nitrogen and oxygen atoms in total. The van der Waals surface area contributed by atoms with Gasteiger partial charge in [0.2, 0.25) is 0 Å². The van der Waals surface area contributed by atoms with Gasteiger partial charge in [-0.2, -0.15) is 0 Å². The van der Waals surface area contributed by atoms with Gasteiger partial charge in [0, 0.05) is 13.0 Å². The molecule has 2 rings (SSSR count). The summed E-state index contributed by atoms with van der Waals surface area (Å²) in [6, 6.07) is 9.10. The van der Waals surface area contributed by atoms with Crippen LogP contribution in [0.15, 0.2) is 36.4 Å². The minimum absolute atomic E-state index is 0.323. The van der Waals surface area contributed by atoms with Crippen molar-refractivity contribution >= 4 is 23.4 Å². The molecule has 0 aromatic heterocycles. The van der Waals surface area contributed by atoms with Crippen molar-refractivity contribution in [2.75, 3.05) is 0 Å². The third-order valence-corrected chi connectivity index (χ3v) is 1.84. The van der Waals surface area contributed by atoms with Gasteiger partial charge in [-0.15, -0.1) is 0 Å². The van der Waals surface area contributed by atoms with Crippen LogP contribution in [0.4, 0.5) is 0 Å². The van der Waals surface area contributed by atoms with Gasteiger partial charge in [0.1, 0.15) is 0 Å². The van der Waals surface area contributed by atoms with Crippen LogP contribution in [-0.4, -0.2) is 22.9 Å². The summed E-state index contributed by atoms with van der Waals surface area (Å²) in [7, 11) is 0. The molecule has 0 saturated heterocycles. The van der Waals surface area contributed by atoms with Crippen LogP contribution in [0.3, 0.4) is 0 Å². The zero-order chi connectivity index (χ0) is 12.8. The van der Waals surface area contributed by atoms with Crippen LogP contribution in [0, 0.1) is 0 Å². The molecule has 1 aromatic rings. The van der Waals surface area contributed by atoms with Gasteiger partial charge < -0.3 is 5.11 Å². The van der Waals surface area contributed by atoms with Gasteiger partial charge in [-0.25, -0.2) is 0 Å². The van der Waals surface area contributed by atoms with E-state index in [0.717, 1.165) is 12.5 Å². The molecule has 0 unspecified atom stereocenters. The van der Waals surface area contributed by atoms with E-state index in [1.807, 2.05) is 18.2 Å². The maximum atomic E-state index is 11.2. The number of nitrogens with one attached hydrogen (secondary N) is 1. The number of imide groups is 1. The lowest BCUT2D eigenvalue weighted by Crippen LogP contribution is -2.21. The largest absolute Gasteiger partial charge is 0.481 e. The van der Waals surface area contributed by atoms with Crippen LogP contribution < -0.4 is 5.32 Å². The molecule has 5 heteroatoms. The van der Waals surface area contributed by atoms with E-state index in [1.54, 1.807) is 12.1 Å². The van der Waals surface area contributed by atoms with E-state index in [-0.39, 0.29) is 11.8 Å². The number of carbonyl (C=O) groups excluding carboxylic acids is 2. The van der Waals surface area contributed by atoms with E-state index in [9.17, 15) is 9.59 Å². The molecule has 88 valence electrons. The number of carboxylic acids is 1. The normalized spacial score (nSPS) is 13.4. The number of aliphatic carboxylic acids is 1. The van der Waals surface area contributed by atoms with E-state index in [2.05, 4.69) is 5.32 Å². The van der Waals surface area contributed by atoms with Crippen LogP contribution in [0.25, 0.3) is 5.57 Å². The summed E-state index contributed by atoms with van der Waals surface area (Å²) in [6.07, 6.45) is 1.32. The minimum atomic E-state index is -0.833. The lowest BCUT2D eigenvalue weighted by Gasteiger charge is -1.97. The molecule has 17 heavy (non-hydrogen) atoms. The third-order valence-electron chi connectivity index (χ3n) is 1.84. The van der Waals surface area contributed by atoms with Crippen molar-refractivity contribution in [2.45, 2.75) is 6.92 Å². The van der Waals surface area contributed by atoms with E-state index >= 15 is 0 Å². The number of hydrogen-bond acceptors (Lipinski definition) is 3. The molecule has 0 saturated carbocycles. The highest BCUT2D eigenvalue weighted by atomic mass is 16.4. The number of rotatable bonds is 1. The molecule has 1 aliphatic heterocycles. The summed E-state index contributed by atoms with van der Waals surface area (Å²) in [6.45, 7) is 1.08. The van der Waals surface area contributed by atoms with Crippen LogP contribution in [0.1, 0.15) is 12.5 Å². The Hall–Kier alpha value is -2.43. The molecule has 0 spiro atoms. The van der Waals surface area contributed by atoms with Crippen molar-refractivity contribution in [3.8, 4) is 0 Å². The predicted octanol–water partition coefficient (Wildman–Crippen LogP) is 0.817. The quantitative estimate of drug-likeness (QED) is 0.703. The molecule has 0 aliphatic carbocycles. The van der Waals surface area contributed by atoms with Crippen LogP contribution >= 0.6 is 0 Å². The standard InChI is InChI=1S/C10H7NO2.C2H4O2/c12-9-6-8(10(13)11-9)7-4-2-1-3-5-7;1-2(3)4/h1-6H,(H,11,12,13);1H3,(H,3,4). The lowest BCUT2D eigenvalue weighted by atomic mass is 10.1. The highest BCUT2D eigenvalue weighted by Gasteiger charge is 2.21. The van der Waals surface area contributed by atoms with Gasteiger partial charge in [-0.1, -0.05) is 30.3 Å².